The van der Waals surface area contributed by atoms with Crippen LogP contribution in [0.4, 0.5) is 0 Å². The van der Waals surface area contributed by atoms with Crippen LogP contribution in [0.2, 0.25) is 0 Å². The van der Waals surface area contributed by atoms with Gasteiger partial charge in [0.25, 0.3) is 0 Å². The number of rotatable bonds is 1. The molecular weight excluding hydrogens is 152 g/mol. The molecule has 2 atom stereocenters. The molecule has 0 spiro atoms. The van der Waals surface area contributed by atoms with E-state index < -0.39 is 5.60 Å². The van der Waals surface area contributed by atoms with Gasteiger partial charge in [-0.1, -0.05) is 0 Å². The second-order valence-corrected chi connectivity index (χ2v) is 4.39. The highest BCUT2D eigenvalue weighted by molar-refractivity contribution is 5.01. The predicted octanol–water partition coefficient (Wildman–Crippen LogP) is -0.0672. The molecule has 2 aliphatic heterocycles. The van der Waals surface area contributed by atoms with Crippen LogP contribution < -0.4 is 5.73 Å². The summed E-state index contributed by atoms with van der Waals surface area (Å²) in [7, 11) is 2.17. The third-order valence-corrected chi connectivity index (χ3v) is 3.60. The average Bonchev–Trinajstić information content (AvgIpc) is 2.32. The maximum absolute atomic E-state index is 10.0. The van der Waals surface area contributed by atoms with Crippen LogP contribution in [0.1, 0.15) is 25.7 Å². The summed E-state index contributed by atoms with van der Waals surface area (Å²) in [4.78, 5) is 2.41. The minimum atomic E-state index is -0.557. The fourth-order valence-electron chi connectivity index (χ4n) is 2.71. The summed E-state index contributed by atoms with van der Waals surface area (Å²) in [5, 5.41) is 10.0. The van der Waals surface area contributed by atoms with Crippen molar-refractivity contribution in [2.24, 2.45) is 5.73 Å². The van der Waals surface area contributed by atoms with Crippen LogP contribution in [-0.4, -0.2) is 41.3 Å². The number of hydrogen-bond acceptors (Lipinski definition) is 3. The first-order valence-corrected chi connectivity index (χ1v) is 4.79. The van der Waals surface area contributed by atoms with Crippen LogP contribution in [0.25, 0.3) is 0 Å². The number of piperidine rings is 1. The van der Waals surface area contributed by atoms with Crippen molar-refractivity contribution < 1.29 is 5.11 Å². The zero-order valence-electron chi connectivity index (χ0n) is 7.66. The summed E-state index contributed by atoms with van der Waals surface area (Å²) in [6.07, 6.45) is 4.22. The van der Waals surface area contributed by atoms with Crippen LogP contribution in [0.5, 0.6) is 0 Å². The van der Waals surface area contributed by atoms with Gasteiger partial charge in [0.2, 0.25) is 0 Å². The topological polar surface area (TPSA) is 49.5 Å². The van der Waals surface area contributed by atoms with Crippen LogP contribution in [0, 0.1) is 0 Å². The second-order valence-electron chi connectivity index (χ2n) is 4.39. The van der Waals surface area contributed by atoms with Gasteiger partial charge in [0.05, 0.1) is 5.60 Å². The molecule has 2 heterocycles. The van der Waals surface area contributed by atoms with E-state index in [4.69, 9.17) is 5.73 Å². The monoisotopic (exact) mass is 170 g/mol. The highest BCUT2D eigenvalue weighted by Gasteiger charge is 2.44. The Balaban J connectivity index is 2.12. The minimum Gasteiger partial charge on any atom is -0.388 e. The van der Waals surface area contributed by atoms with E-state index in [2.05, 4.69) is 11.9 Å². The summed E-state index contributed by atoms with van der Waals surface area (Å²) in [5.74, 6) is 0. The van der Waals surface area contributed by atoms with Gasteiger partial charge in [0.1, 0.15) is 0 Å². The van der Waals surface area contributed by atoms with Gasteiger partial charge in [-0.15, -0.1) is 0 Å². The molecule has 2 saturated heterocycles. The molecule has 70 valence electrons. The smallest absolute Gasteiger partial charge is 0.0799 e. The average molecular weight is 170 g/mol. The number of aliphatic hydroxyl groups is 1. The predicted molar refractivity (Wildman–Crippen MR) is 47.8 cm³/mol. The van der Waals surface area contributed by atoms with E-state index in [1.807, 2.05) is 0 Å². The molecule has 0 radical (unpaired) electrons. The number of fused-ring (bicyclic) bond motifs is 2. The maximum atomic E-state index is 10.0. The Morgan fingerprint density at radius 1 is 1.42 bits per heavy atom. The maximum Gasteiger partial charge on any atom is 0.0799 e. The molecule has 2 fully saturated rings. The summed E-state index contributed by atoms with van der Waals surface area (Å²) in [5.41, 5.74) is 5.01. The number of hydrogen-bond donors (Lipinski definition) is 2. The van der Waals surface area contributed by atoms with Gasteiger partial charge in [-0.2, -0.15) is 0 Å². The van der Waals surface area contributed by atoms with Gasteiger partial charge in [-0.05, 0) is 32.7 Å². The van der Waals surface area contributed by atoms with Gasteiger partial charge in [0, 0.05) is 18.6 Å². The minimum absolute atomic E-state index is 0.424. The van der Waals surface area contributed by atoms with Crippen molar-refractivity contribution in [3.63, 3.8) is 0 Å². The Labute approximate surface area is 73.5 Å². The molecule has 0 saturated carbocycles. The Hall–Kier alpha value is -0.120. The summed E-state index contributed by atoms with van der Waals surface area (Å²) >= 11 is 0. The second kappa shape index (κ2) is 2.69. The lowest BCUT2D eigenvalue weighted by Gasteiger charge is -2.41. The lowest BCUT2D eigenvalue weighted by Crippen LogP contribution is -2.52. The molecule has 0 amide bonds. The molecule has 2 aliphatic rings. The molecule has 3 N–H and O–H groups in total. The van der Waals surface area contributed by atoms with Crippen molar-refractivity contribution >= 4 is 0 Å². The van der Waals surface area contributed by atoms with Gasteiger partial charge in [-0.3, -0.25) is 0 Å². The molecule has 12 heavy (non-hydrogen) atoms. The molecule has 0 aromatic carbocycles. The summed E-state index contributed by atoms with van der Waals surface area (Å²) in [6, 6.07) is 1.16. The van der Waals surface area contributed by atoms with Crippen molar-refractivity contribution in [1.82, 2.24) is 4.90 Å². The standard InChI is InChI=1S/C9H18N2O/c1-11-7-2-3-8(11)5-9(12,4-7)6-10/h7-8,12H,2-6,10H2,1H3. The molecule has 3 heteroatoms. The van der Waals surface area contributed by atoms with E-state index in [0.717, 1.165) is 12.8 Å². The van der Waals surface area contributed by atoms with Gasteiger partial charge in [0.15, 0.2) is 0 Å². The Morgan fingerprint density at radius 3 is 2.33 bits per heavy atom. The van der Waals surface area contributed by atoms with E-state index in [1.165, 1.54) is 12.8 Å². The van der Waals surface area contributed by atoms with Crippen LogP contribution in [-0.2, 0) is 0 Å². The van der Waals surface area contributed by atoms with E-state index in [-0.39, 0.29) is 0 Å². The summed E-state index contributed by atoms with van der Waals surface area (Å²) < 4.78 is 0. The van der Waals surface area contributed by atoms with Crippen LogP contribution in [0.15, 0.2) is 0 Å². The fraction of sp³-hybridized carbons (Fsp3) is 1.00. The van der Waals surface area contributed by atoms with Crippen molar-refractivity contribution in [2.45, 2.75) is 43.4 Å². The van der Waals surface area contributed by atoms with Crippen LogP contribution >= 0.6 is 0 Å². The molecule has 0 aromatic heterocycles. The first kappa shape index (κ1) is 8.48. The van der Waals surface area contributed by atoms with E-state index in [0.29, 0.717) is 18.6 Å². The first-order chi connectivity index (χ1) is 5.64. The Bertz CT molecular complexity index is 169. The van der Waals surface area contributed by atoms with E-state index in [1.54, 1.807) is 0 Å². The first-order valence-electron chi connectivity index (χ1n) is 4.79. The van der Waals surface area contributed by atoms with Gasteiger partial charge >= 0.3 is 0 Å². The molecule has 3 nitrogen and oxygen atoms in total. The van der Waals surface area contributed by atoms with Crippen molar-refractivity contribution in [3.8, 4) is 0 Å². The third kappa shape index (κ3) is 1.16. The molecular formula is C9H18N2O. The zero-order chi connectivity index (χ0) is 8.77. The van der Waals surface area contributed by atoms with Gasteiger partial charge < -0.3 is 15.7 Å². The van der Waals surface area contributed by atoms with Crippen LogP contribution in [0.3, 0.4) is 0 Å². The van der Waals surface area contributed by atoms with Crippen molar-refractivity contribution in [3.05, 3.63) is 0 Å². The fourth-order valence-corrected chi connectivity index (χ4v) is 2.71. The Morgan fingerprint density at radius 2 is 1.92 bits per heavy atom. The van der Waals surface area contributed by atoms with Crippen molar-refractivity contribution in [1.29, 1.82) is 0 Å². The molecule has 2 bridgehead atoms. The highest BCUT2D eigenvalue weighted by atomic mass is 16.3. The third-order valence-electron chi connectivity index (χ3n) is 3.60. The number of nitrogens with zero attached hydrogens (tertiary/aromatic N) is 1. The molecule has 2 unspecified atom stereocenters. The molecule has 0 aliphatic carbocycles. The molecule has 0 aromatic rings. The van der Waals surface area contributed by atoms with E-state index >= 15 is 0 Å². The Kier molecular flexibility index (Phi) is 1.90. The van der Waals surface area contributed by atoms with E-state index in [9.17, 15) is 5.11 Å². The summed E-state index contributed by atoms with van der Waals surface area (Å²) in [6.45, 7) is 0.424. The zero-order valence-corrected chi connectivity index (χ0v) is 7.66. The highest BCUT2D eigenvalue weighted by Crippen LogP contribution is 2.38. The lowest BCUT2D eigenvalue weighted by molar-refractivity contribution is -0.0370. The lowest BCUT2D eigenvalue weighted by atomic mass is 9.86. The molecule has 2 rings (SSSR count). The quantitative estimate of drug-likeness (QED) is 0.579. The van der Waals surface area contributed by atoms with Crippen molar-refractivity contribution in [2.75, 3.05) is 13.6 Å². The largest absolute Gasteiger partial charge is 0.388 e. The SMILES string of the molecule is CN1C2CCC1CC(O)(CN)C2. The number of nitrogens with two attached hydrogens (primary N) is 1. The van der Waals surface area contributed by atoms with Gasteiger partial charge in [-0.25, -0.2) is 0 Å². The normalized spacial score (nSPS) is 48.2.